The van der Waals surface area contributed by atoms with Crippen molar-refractivity contribution in [1.29, 1.82) is 0 Å². The predicted molar refractivity (Wildman–Crippen MR) is 79.2 cm³/mol. The number of rotatable bonds is 5. The maximum atomic E-state index is 11.6. The third-order valence-electron chi connectivity index (χ3n) is 3.10. The fourth-order valence-corrected chi connectivity index (χ4v) is 2.91. The van der Waals surface area contributed by atoms with Gasteiger partial charge < -0.3 is 10.1 Å². The van der Waals surface area contributed by atoms with Gasteiger partial charge in [-0.2, -0.15) is 0 Å². The molecule has 0 aliphatic carbocycles. The predicted octanol–water partition coefficient (Wildman–Crippen LogP) is 1.87. The number of carbonyl (C=O) groups is 1. The number of ether oxygens (including phenoxy) is 1. The van der Waals surface area contributed by atoms with Crippen LogP contribution < -0.4 is 5.32 Å². The molecular formula is C14H14N4O2S. The minimum absolute atomic E-state index is 0.297. The Morgan fingerprint density at radius 1 is 1.33 bits per heavy atom. The summed E-state index contributed by atoms with van der Waals surface area (Å²) < 4.78 is 6.69. The van der Waals surface area contributed by atoms with Crippen LogP contribution in [-0.2, 0) is 17.8 Å². The maximum Gasteiger partial charge on any atom is 0.348 e. The summed E-state index contributed by atoms with van der Waals surface area (Å²) in [5, 5.41) is 13.4. The Bertz CT molecular complexity index is 765. The molecule has 0 unspecified atom stereocenters. The normalized spacial score (nSPS) is 10.9. The molecule has 108 valence electrons. The highest BCUT2D eigenvalue weighted by atomic mass is 32.1. The summed E-state index contributed by atoms with van der Waals surface area (Å²) >= 11 is 1.38. The fourth-order valence-electron chi connectivity index (χ4n) is 2.07. The van der Waals surface area contributed by atoms with Gasteiger partial charge >= 0.3 is 5.97 Å². The quantitative estimate of drug-likeness (QED) is 0.729. The van der Waals surface area contributed by atoms with Gasteiger partial charge in [0.1, 0.15) is 4.88 Å². The zero-order valence-electron chi connectivity index (χ0n) is 11.4. The molecule has 6 nitrogen and oxygen atoms in total. The van der Waals surface area contributed by atoms with Crippen molar-refractivity contribution in [3.05, 3.63) is 52.1 Å². The Kier molecular flexibility index (Phi) is 3.94. The molecule has 1 N–H and O–H groups in total. The van der Waals surface area contributed by atoms with Crippen LogP contribution in [0.5, 0.6) is 0 Å². The van der Waals surface area contributed by atoms with Gasteiger partial charge in [-0.1, -0.05) is 6.07 Å². The van der Waals surface area contributed by atoms with E-state index in [1.807, 2.05) is 40.2 Å². The Morgan fingerprint density at radius 3 is 3.10 bits per heavy atom. The van der Waals surface area contributed by atoms with Crippen molar-refractivity contribution in [2.24, 2.45) is 0 Å². The first kappa shape index (κ1) is 13.7. The lowest BCUT2D eigenvalue weighted by Crippen LogP contribution is -2.16. The molecule has 0 radical (unpaired) electrons. The number of esters is 1. The number of hydrogen-bond donors (Lipinski definition) is 1. The van der Waals surface area contributed by atoms with E-state index in [4.69, 9.17) is 4.74 Å². The number of nitrogens with zero attached hydrogens (tertiary/aromatic N) is 3. The first-order valence-electron chi connectivity index (χ1n) is 6.43. The second-order valence-electron chi connectivity index (χ2n) is 4.42. The molecule has 7 heteroatoms. The van der Waals surface area contributed by atoms with E-state index < -0.39 is 0 Å². The molecule has 0 aliphatic heterocycles. The number of methoxy groups -OCH3 is 1. The zero-order valence-corrected chi connectivity index (χ0v) is 12.3. The summed E-state index contributed by atoms with van der Waals surface area (Å²) in [4.78, 5) is 12.2. The molecule has 0 bridgehead atoms. The fraction of sp³-hybridized carbons (Fsp3) is 0.214. The van der Waals surface area contributed by atoms with Crippen LogP contribution in [-0.4, -0.2) is 27.7 Å². The highest BCUT2D eigenvalue weighted by Crippen LogP contribution is 2.17. The summed E-state index contributed by atoms with van der Waals surface area (Å²) in [6.45, 7) is 1.15. The standard InChI is InChI=1S/C14H14N4O2S/c1-20-14(19)13-10(5-7-21-13)8-15-9-12-17-16-11-4-2-3-6-18(11)12/h2-7,15H,8-9H2,1H3. The van der Waals surface area contributed by atoms with E-state index in [-0.39, 0.29) is 5.97 Å². The number of hydrogen-bond acceptors (Lipinski definition) is 6. The Labute approximate surface area is 125 Å². The van der Waals surface area contributed by atoms with E-state index in [2.05, 4.69) is 15.5 Å². The van der Waals surface area contributed by atoms with E-state index >= 15 is 0 Å². The van der Waals surface area contributed by atoms with Crippen LogP contribution in [0.15, 0.2) is 35.8 Å². The van der Waals surface area contributed by atoms with E-state index in [0.29, 0.717) is 18.0 Å². The van der Waals surface area contributed by atoms with Crippen molar-refractivity contribution >= 4 is 23.0 Å². The maximum absolute atomic E-state index is 11.6. The minimum atomic E-state index is -0.297. The van der Waals surface area contributed by atoms with Crippen LogP contribution >= 0.6 is 11.3 Å². The summed E-state index contributed by atoms with van der Waals surface area (Å²) in [6.07, 6.45) is 1.93. The monoisotopic (exact) mass is 302 g/mol. The van der Waals surface area contributed by atoms with Gasteiger partial charge in [0.15, 0.2) is 11.5 Å². The Balaban J connectivity index is 1.67. The van der Waals surface area contributed by atoms with Crippen LogP contribution in [0.2, 0.25) is 0 Å². The highest BCUT2D eigenvalue weighted by molar-refractivity contribution is 7.12. The topological polar surface area (TPSA) is 68.5 Å². The Morgan fingerprint density at radius 2 is 2.24 bits per heavy atom. The molecule has 0 aromatic carbocycles. The molecule has 0 saturated heterocycles. The molecule has 0 amide bonds. The van der Waals surface area contributed by atoms with E-state index in [9.17, 15) is 4.79 Å². The Hall–Kier alpha value is -2.25. The molecule has 3 rings (SSSR count). The van der Waals surface area contributed by atoms with Crippen molar-refractivity contribution in [2.75, 3.05) is 7.11 Å². The second-order valence-corrected chi connectivity index (χ2v) is 5.33. The van der Waals surface area contributed by atoms with Crippen LogP contribution in [0.3, 0.4) is 0 Å². The van der Waals surface area contributed by atoms with Crippen molar-refractivity contribution < 1.29 is 9.53 Å². The lowest BCUT2D eigenvalue weighted by atomic mass is 10.2. The average Bonchev–Trinajstić information content (AvgIpc) is 3.14. The van der Waals surface area contributed by atoms with Gasteiger partial charge in [-0.15, -0.1) is 21.5 Å². The summed E-state index contributed by atoms with van der Waals surface area (Å²) in [6, 6.07) is 7.69. The number of pyridine rings is 1. The molecule has 0 atom stereocenters. The molecule has 3 heterocycles. The minimum Gasteiger partial charge on any atom is -0.465 e. The molecule has 3 aromatic heterocycles. The first-order chi connectivity index (χ1) is 10.3. The van der Waals surface area contributed by atoms with Crippen LogP contribution in [0.25, 0.3) is 5.65 Å². The average molecular weight is 302 g/mol. The SMILES string of the molecule is COC(=O)c1sccc1CNCc1nnc2ccccn12. The van der Waals surface area contributed by atoms with Crippen molar-refractivity contribution in [1.82, 2.24) is 19.9 Å². The molecule has 0 saturated carbocycles. The lowest BCUT2D eigenvalue weighted by Gasteiger charge is -2.04. The van der Waals surface area contributed by atoms with Crippen molar-refractivity contribution in [3.63, 3.8) is 0 Å². The molecule has 0 aliphatic rings. The van der Waals surface area contributed by atoms with Gasteiger partial charge in [0.25, 0.3) is 0 Å². The van der Waals surface area contributed by atoms with Gasteiger partial charge in [0.05, 0.1) is 13.7 Å². The van der Waals surface area contributed by atoms with Gasteiger partial charge in [-0.05, 0) is 29.1 Å². The summed E-state index contributed by atoms with van der Waals surface area (Å²) in [7, 11) is 1.39. The third-order valence-corrected chi connectivity index (χ3v) is 4.04. The first-order valence-corrected chi connectivity index (χ1v) is 7.31. The molecule has 0 fully saturated rings. The van der Waals surface area contributed by atoms with E-state index in [1.54, 1.807) is 0 Å². The number of fused-ring (bicyclic) bond motifs is 1. The van der Waals surface area contributed by atoms with Crippen molar-refractivity contribution in [2.45, 2.75) is 13.1 Å². The molecular weight excluding hydrogens is 288 g/mol. The molecule has 0 spiro atoms. The van der Waals surface area contributed by atoms with Gasteiger partial charge in [0.2, 0.25) is 0 Å². The zero-order chi connectivity index (χ0) is 14.7. The van der Waals surface area contributed by atoms with Gasteiger partial charge in [-0.3, -0.25) is 4.40 Å². The molecule has 3 aromatic rings. The van der Waals surface area contributed by atoms with Gasteiger partial charge in [-0.25, -0.2) is 4.79 Å². The van der Waals surface area contributed by atoms with Crippen LogP contribution in [0.1, 0.15) is 21.1 Å². The summed E-state index contributed by atoms with van der Waals surface area (Å²) in [5.41, 5.74) is 1.75. The smallest absolute Gasteiger partial charge is 0.348 e. The molecule has 21 heavy (non-hydrogen) atoms. The summed E-state index contributed by atoms with van der Waals surface area (Å²) in [5.74, 6) is 0.537. The third kappa shape index (κ3) is 2.79. The number of nitrogens with one attached hydrogen (secondary N) is 1. The number of aromatic nitrogens is 3. The number of thiophene rings is 1. The van der Waals surface area contributed by atoms with E-state index in [0.717, 1.165) is 17.0 Å². The van der Waals surface area contributed by atoms with E-state index in [1.165, 1.54) is 18.4 Å². The lowest BCUT2D eigenvalue weighted by molar-refractivity contribution is 0.0605. The van der Waals surface area contributed by atoms with Crippen LogP contribution in [0.4, 0.5) is 0 Å². The largest absolute Gasteiger partial charge is 0.465 e. The van der Waals surface area contributed by atoms with Crippen LogP contribution in [0, 0.1) is 0 Å². The highest BCUT2D eigenvalue weighted by Gasteiger charge is 2.13. The van der Waals surface area contributed by atoms with Gasteiger partial charge in [0, 0.05) is 12.7 Å². The van der Waals surface area contributed by atoms with Crippen molar-refractivity contribution in [3.8, 4) is 0 Å². The number of carbonyl (C=O) groups excluding carboxylic acids is 1. The second kappa shape index (κ2) is 6.02.